The summed E-state index contributed by atoms with van der Waals surface area (Å²) in [6, 6.07) is 17.9. The summed E-state index contributed by atoms with van der Waals surface area (Å²) >= 11 is 0. The van der Waals surface area contributed by atoms with Crippen LogP contribution < -0.4 is 14.5 Å². The van der Waals surface area contributed by atoms with Crippen molar-refractivity contribution in [2.75, 3.05) is 30.5 Å². The van der Waals surface area contributed by atoms with Crippen LogP contribution in [0.1, 0.15) is 30.4 Å². The Morgan fingerprint density at radius 2 is 1.62 bits per heavy atom. The van der Waals surface area contributed by atoms with E-state index >= 15 is 0 Å². The Hall–Kier alpha value is -4.25. The third-order valence-electron chi connectivity index (χ3n) is 6.36. The first kappa shape index (κ1) is 28.8. The van der Waals surface area contributed by atoms with Crippen LogP contribution in [0.25, 0.3) is 0 Å². The molecule has 4 rings (SSSR count). The van der Waals surface area contributed by atoms with Crippen molar-refractivity contribution in [3.63, 3.8) is 0 Å². The van der Waals surface area contributed by atoms with Crippen LogP contribution in [0, 0.1) is 12.7 Å². The van der Waals surface area contributed by atoms with E-state index in [9.17, 15) is 22.4 Å². The van der Waals surface area contributed by atoms with Gasteiger partial charge in [-0.2, -0.15) is 5.10 Å². The fourth-order valence-electron chi connectivity index (χ4n) is 4.13. The Balaban J connectivity index is 1.36. The average Bonchev–Trinajstić information content (AvgIpc) is 2.96. The largest absolute Gasteiger partial charge is 0.484 e. The fourth-order valence-corrected chi connectivity index (χ4v) is 5.56. The van der Waals surface area contributed by atoms with Gasteiger partial charge in [0.25, 0.3) is 21.8 Å². The van der Waals surface area contributed by atoms with Gasteiger partial charge in [-0.3, -0.25) is 13.9 Å². The Kier molecular flexibility index (Phi) is 9.49. The standard InChI is InChI=1S/C29H31FN4O5S/c1-22-5-11-25(12-6-22)34(40(37,38)27-15-9-24(30)10-16-27)20-28(35)32-31-19-23-7-13-26(14-8-23)39-21-29(36)33-17-3-2-4-18-33/h5-16,19H,2-4,17-18,20-21H2,1H3,(H,32,35)/b31-19-. The third-order valence-corrected chi connectivity index (χ3v) is 8.15. The van der Waals surface area contributed by atoms with Crippen molar-refractivity contribution in [2.24, 2.45) is 5.10 Å². The Morgan fingerprint density at radius 1 is 0.975 bits per heavy atom. The van der Waals surface area contributed by atoms with E-state index in [1.54, 1.807) is 48.5 Å². The number of hydrazone groups is 1. The number of amides is 2. The minimum atomic E-state index is -4.17. The van der Waals surface area contributed by atoms with Crippen molar-refractivity contribution >= 4 is 33.7 Å². The number of anilines is 1. The number of nitrogens with one attached hydrogen (secondary N) is 1. The zero-order chi connectivity index (χ0) is 28.5. The molecular formula is C29H31FN4O5S. The van der Waals surface area contributed by atoms with E-state index in [1.807, 2.05) is 11.8 Å². The zero-order valence-corrected chi connectivity index (χ0v) is 22.9. The van der Waals surface area contributed by atoms with E-state index in [2.05, 4.69) is 10.5 Å². The normalized spacial score (nSPS) is 13.7. The molecule has 40 heavy (non-hydrogen) atoms. The molecule has 3 aromatic rings. The van der Waals surface area contributed by atoms with Gasteiger partial charge in [-0.25, -0.2) is 18.2 Å². The highest BCUT2D eigenvalue weighted by Crippen LogP contribution is 2.24. The van der Waals surface area contributed by atoms with Gasteiger partial charge in [-0.15, -0.1) is 0 Å². The summed E-state index contributed by atoms with van der Waals surface area (Å²) in [5, 5.41) is 3.94. The number of carbonyl (C=O) groups excluding carboxylic acids is 2. The molecule has 1 saturated heterocycles. The van der Waals surface area contributed by atoms with Crippen LogP contribution >= 0.6 is 0 Å². The van der Waals surface area contributed by atoms with Crippen LogP contribution in [0.2, 0.25) is 0 Å². The van der Waals surface area contributed by atoms with Gasteiger partial charge in [-0.1, -0.05) is 17.7 Å². The molecule has 1 aliphatic rings. The molecule has 0 aliphatic carbocycles. The minimum absolute atomic E-state index is 0.0260. The minimum Gasteiger partial charge on any atom is -0.484 e. The third kappa shape index (κ3) is 7.66. The van der Waals surface area contributed by atoms with Crippen molar-refractivity contribution in [1.82, 2.24) is 10.3 Å². The first-order chi connectivity index (χ1) is 19.2. The smallest absolute Gasteiger partial charge is 0.264 e. The molecule has 2 amide bonds. The summed E-state index contributed by atoms with van der Waals surface area (Å²) < 4.78 is 46.6. The van der Waals surface area contributed by atoms with Gasteiger partial charge in [0.2, 0.25) is 0 Å². The molecule has 1 heterocycles. The SMILES string of the molecule is Cc1ccc(N(CC(=O)N/N=C\c2ccc(OCC(=O)N3CCCCC3)cc2)S(=O)(=O)c2ccc(F)cc2)cc1. The summed E-state index contributed by atoms with van der Waals surface area (Å²) in [6.45, 7) is 2.83. The number of hydrogen-bond acceptors (Lipinski definition) is 6. The van der Waals surface area contributed by atoms with Gasteiger partial charge in [-0.05, 0) is 92.4 Å². The summed E-state index contributed by atoms with van der Waals surface area (Å²) in [6.07, 6.45) is 4.59. The lowest BCUT2D eigenvalue weighted by atomic mass is 10.1. The Labute approximate surface area is 233 Å². The number of ether oxygens (including phenoxy) is 1. The average molecular weight is 567 g/mol. The van der Waals surface area contributed by atoms with Crippen molar-refractivity contribution < 1.29 is 27.1 Å². The molecule has 0 saturated carbocycles. The molecule has 210 valence electrons. The monoisotopic (exact) mass is 566 g/mol. The lowest BCUT2D eigenvalue weighted by Crippen LogP contribution is -2.39. The van der Waals surface area contributed by atoms with Crippen molar-refractivity contribution in [2.45, 2.75) is 31.1 Å². The number of likely N-dealkylation sites (tertiary alicyclic amines) is 1. The number of rotatable bonds is 10. The Morgan fingerprint density at radius 3 is 2.27 bits per heavy atom. The zero-order valence-electron chi connectivity index (χ0n) is 22.1. The molecule has 1 N–H and O–H groups in total. The number of halogens is 1. The van der Waals surface area contributed by atoms with Crippen molar-refractivity contribution in [3.05, 3.63) is 89.7 Å². The van der Waals surface area contributed by atoms with Crippen LogP contribution in [0.5, 0.6) is 5.75 Å². The van der Waals surface area contributed by atoms with Gasteiger partial charge in [0, 0.05) is 13.1 Å². The number of piperidine rings is 1. The molecule has 0 atom stereocenters. The van der Waals surface area contributed by atoms with Gasteiger partial charge in [0.1, 0.15) is 18.1 Å². The molecule has 1 fully saturated rings. The first-order valence-electron chi connectivity index (χ1n) is 12.9. The second kappa shape index (κ2) is 13.2. The lowest BCUT2D eigenvalue weighted by Gasteiger charge is -2.26. The van der Waals surface area contributed by atoms with E-state index in [0.29, 0.717) is 11.3 Å². The summed E-state index contributed by atoms with van der Waals surface area (Å²) in [5.74, 6) is -0.738. The highest BCUT2D eigenvalue weighted by atomic mass is 32.2. The molecule has 9 nitrogen and oxygen atoms in total. The molecule has 3 aromatic carbocycles. The van der Waals surface area contributed by atoms with Gasteiger partial charge < -0.3 is 9.64 Å². The predicted molar refractivity (Wildman–Crippen MR) is 150 cm³/mol. The summed E-state index contributed by atoms with van der Waals surface area (Å²) in [4.78, 5) is 26.6. The fraction of sp³-hybridized carbons (Fsp3) is 0.276. The van der Waals surface area contributed by atoms with Gasteiger partial charge >= 0.3 is 0 Å². The molecule has 0 radical (unpaired) electrons. The van der Waals surface area contributed by atoms with E-state index in [1.165, 1.54) is 6.21 Å². The second-order valence-corrected chi connectivity index (χ2v) is 11.3. The van der Waals surface area contributed by atoms with Crippen molar-refractivity contribution in [3.8, 4) is 5.75 Å². The van der Waals surface area contributed by atoms with Crippen LogP contribution in [-0.2, 0) is 19.6 Å². The quantitative estimate of drug-likeness (QED) is 0.296. The maximum atomic E-state index is 13.4. The van der Waals surface area contributed by atoms with E-state index in [-0.39, 0.29) is 23.1 Å². The molecule has 11 heteroatoms. The molecule has 0 unspecified atom stereocenters. The highest BCUT2D eigenvalue weighted by molar-refractivity contribution is 7.92. The Bertz CT molecular complexity index is 1440. The molecule has 0 aromatic heterocycles. The number of carbonyl (C=O) groups is 2. The number of hydrogen-bond donors (Lipinski definition) is 1. The summed E-state index contributed by atoms with van der Waals surface area (Å²) in [5.41, 5.74) is 4.21. The van der Waals surface area contributed by atoms with Crippen LogP contribution in [0.3, 0.4) is 0 Å². The number of sulfonamides is 1. The predicted octanol–water partition coefficient (Wildman–Crippen LogP) is 3.87. The lowest BCUT2D eigenvalue weighted by molar-refractivity contribution is -0.134. The molecule has 0 spiro atoms. The second-order valence-electron chi connectivity index (χ2n) is 9.39. The maximum Gasteiger partial charge on any atom is 0.264 e. The molecule has 0 bridgehead atoms. The van der Waals surface area contributed by atoms with Gasteiger partial charge in [0.05, 0.1) is 16.8 Å². The van der Waals surface area contributed by atoms with E-state index in [4.69, 9.17) is 4.74 Å². The molecular weight excluding hydrogens is 535 g/mol. The van der Waals surface area contributed by atoms with Crippen LogP contribution in [-0.4, -0.2) is 57.6 Å². The van der Waals surface area contributed by atoms with Crippen LogP contribution in [0.4, 0.5) is 10.1 Å². The number of nitrogens with zero attached hydrogens (tertiary/aromatic N) is 3. The highest BCUT2D eigenvalue weighted by Gasteiger charge is 2.27. The van der Waals surface area contributed by atoms with Crippen molar-refractivity contribution in [1.29, 1.82) is 0 Å². The van der Waals surface area contributed by atoms with E-state index < -0.39 is 28.3 Å². The van der Waals surface area contributed by atoms with Crippen LogP contribution in [0.15, 0.2) is 82.8 Å². The summed E-state index contributed by atoms with van der Waals surface area (Å²) in [7, 11) is -4.17. The number of aryl methyl sites for hydroxylation is 1. The first-order valence-corrected chi connectivity index (χ1v) is 14.3. The van der Waals surface area contributed by atoms with E-state index in [0.717, 1.165) is 66.5 Å². The van der Waals surface area contributed by atoms with Gasteiger partial charge in [0.15, 0.2) is 6.61 Å². The molecule has 1 aliphatic heterocycles. The topological polar surface area (TPSA) is 108 Å². The maximum absolute atomic E-state index is 13.4. The number of benzene rings is 3.